The topological polar surface area (TPSA) is 15.3 Å². The lowest BCUT2D eigenvalue weighted by Crippen LogP contribution is -2.38. The molecule has 19 heavy (non-hydrogen) atoms. The van der Waals surface area contributed by atoms with E-state index in [1.807, 2.05) is 6.92 Å². The standard InChI is InChI=1S/C15H22F2N2/c1-3-19-9-5-6-12(19)10-18-11(2)13-7-4-8-14(16)15(13)17/h4,7-8,11-12,18H,3,5-6,9-10H2,1-2H3. The number of hydrogen-bond donors (Lipinski definition) is 1. The summed E-state index contributed by atoms with van der Waals surface area (Å²) in [5.74, 6) is -1.51. The lowest BCUT2D eigenvalue weighted by atomic mass is 10.1. The molecule has 1 aromatic rings. The fourth-order valence-corrected chi connectivity index (χ4v) is 2.82. The third kappa shape index (κ3) is 3.31. The number of likely N-dealkylation sites (N-methyl/N-ethyl adjacent to an activating group) is 1. The molecule has 0 amide bonds. The maximum absolute atomic E-state index is 13.7. The van der Waals surface area contributed by atoms with E-state index in [9.17, 15) is 8.78 Å². The summed E-state index contributed by atoms with van der Waals surface area (Å²) in [6, 6.07) is 4.70. The monoisotopic (exact) mass is 268 g/mol. The second kappa shape index (κ2) is 6.44. The summed E-state index contributed by atoms with van der Waals surface area (Å²) >= 11 is 0. The minimum atomic E-state index is -0.776. The molecule has 0 spiro atoms. The van der Waals surface area contributed by atoms with Crippen molar-refractivity contribution in [3.63, 3.8) is 0 Å². The second-order valence-corrected chi connectivity index (χ2v) is 5.20. The molecule has 0 saturated carbocycles. The van der Waals surface area contributed by atoms with Crippen LogP contribution in [0.2, 0.25) is 0 Å². The lowest BCUT2D eigenvalue weighted by molar-refractivity contribution is 0.254. The van der Waals surface area contributed by atoms with Gasteiger partial charge >= 0.3 is 0 Å². The average Bonchev–Trinajstić information content (AvgIpc) is 2.86. The predicted octanol–water partition coefficient (Wildman–Crippen LogP) is 3.10. The fourth-order valence-electron chi connectivity index (χ4n) is 2.82. The van der Waals surface area contributed by atoms with Crippen LogP contribution in [0, 0.1) is 11.6 Å². The van der Waals surface area contributed by atoms with E-state index >= 15 is 0 Å². The molecule has 1 aliphatic rings. The number of rotatable bonds is 5. The molecule has 4 heteroatoms. The summed E-state index contributed by atoms with van der Waals surface area (Å²) in [4.78, 5) is 2.43. The van der Waals surface area contributed by atoms with E-state index in [0.717, 1.165) is 25.7 Å². The van der Waals surface area contributed by atoms with Crippen molar-refractivity contribution in [2.45, 2.75) is 38.8 Å². The Labute approximate surface area is 113 Å². The first-order valence-electron chi connectivity index (χ1n) is 7.04. The van der Waals surface area contributed by atoms with Gasteiger partial charge in [-0.15, -0.1) is 0 Å². The number of benzene rings is 1. The quantitative estimate of drug-likeness (QED) is 0.882. The van der Waals surface area contributed by atoms with E-state index in [1.165, 1.54) is 12.8 Å². The Morgan fingerprint density at radius 3 is 2.95 bits per heavy atom. The SMILES string of the molecule is CCN1CCCC1CNC(C)c1cccc(F)c1F. The summed E-state index contributed by atoms with van der Waals surface area (Å²) in [6.45, 7) is 7.06. The molecule has 2 rings (SSSR count). The van der Waals surface area contributed by atoms with Crippen molar-refractivity contribution in [2.24, 2.45) is 0 Å². The van der Waals surface area contributed by atoms with E-state index in [2.05, 4.69) is 17.1 Å². The van der Waals surface area contributed by atoms with Crippen molar-refractivity contribution in [2.75, 3.05) is 19.6 Å². The Balaban J connectivity index is 1.94. The van der Waals surface area contributed by atoms with E-state index in [-0.39, 0.29) is 6.04 Å². The Bertz CT molecular complexity index is 423. The van der Waals surface area contributed by atoms with Crippen LogP contribution in [0.1, 0.15) is 38.3 Å². The van der Waals surface area contributed by atoms with Crippen LogP contribution in [0.3, 0.4) is 0 Å². The Kier molecular flexibility index (Phi) is 4.88. The molecule has 2 nitrogen and oxygen atoms in total. The van der Waals surface area contributed by atoms with Crippen molar-refractivity contribution >= 4 is 0 Å². The highest BCUT2D eigenvalue weighted by Crippen LogP contribution is 2.20. The molecule has 1 aromatic carbocycles. The molecule has 1 heterocycles. The highest BCUT2D eigenvalue weighted by atomic mass is 19.2. The highest BCUT2D eigenvalue weighted by molar-refractivity contribution is 5.22. The smallest absolute Gasteiger partial charge is 0.163 e. The molecule has 0 aromatic heterocycles. The number of hydrogen-bond acceptors (Lipinski definition) is 2. The summed E-state index contributed by atoms with van der Waals surface area (Å²) in [7, 11) is 0. The molecular weight excluding hydrogens is 246 g/mol. The van der Waals surface area contributed by atoms with Gasteiger partial charge in [-0.2, -0.15) is 0 Å². The van der Waals surface area contributed by atoms with Crippen LogP contribution in [-0.4, -0.2) is 30.6 Å². The Morgan fingerprint density at radius 2 is 2.21 bits per heavy atom. The summed E-state index contributed by atoms with van der Waals surface area (Å²) in [5, 5.41) is 3.32. The van der Waals surface area contributed by atoms with E-state index in [1.54, 1.807) is 12.1 Å². The molecule has 0 radical (unpaired) electrons. The zero-order valence-electron chi connectivity index (χ0n) is 11.6. The van der Waals surface area contributed by atoms with Gasteiger partial charge in [0, 0.05) is 24.2 Å². The molecule has 1 N–H and O–H groups in total. The molecule has 1 saturated heterocycles. The van der Waals surface area contributed by atoms with Crippen molar-refractivity contribution in [1.82, 2.24) is 10.2 Å². The van der Waals surface area contributed by atoms with Crippen molar-refractivity contribution in [3.8, 4) is 0 Å². The number of likely N-dealkylation sites (tertiary alicyclic amines) is 1. The molecule has 0 aliphatic carbocycles. The van der Waals surface area contributed by atoms with Gasteiger partial charge in [0.05, 0.1) is 0 Å². The first-order chi connectivity index (χ1) is 9.13. The first-order valence-corrected chi connectivity index (χ1v) is 7.04. The van der Waals surface area contributed by atoms with Crippen molar-refractivity contribution < 1.29 is 8.78 Å². The summed E-state index contributed by atoms with van der Waals surface area (Å²) in [6.07, 6.45) is 2.40. The van der Waals surface area contributed by atoms with Crippen molar-refractivity contribution in [1.29, 1.82) is 0 Å². The van der Waals surface area contributed by atoms with Gasteiger partial charge in [0.2, 0.25) is 0 Å². The van der Waals surface area contributed by atoms with Crippen LogP contribution >= 0.6 is 0 Å². The van der Waals surface area contributed by atoms with Crippen LogP contribution in [0.15, 0.2) is 18.2 Å². The second-order valence-electron chi connectivity index (χ2n) is 5.20. The van der Waals surface area contributed by atoms with Crippen LogP contribution in [0.5, 0.6) is 0 Å². The maximum atomic E-state index is 13.7. The van der Waals surface area contributed by atoms with Crippen LogP contribution in [0.25, 0.3) is 0 Å². The normalized spacial score (nSPS) is 21.8. The van der Waals surface area contributed by atoms with Crippen LogP contribution in [0.4, 0.5) is 8.78 Å². The van der Waals surface area contributed by atoms with Gasteiger partial charge in [-0.3, -0.25) is 4.90 Å². The summed E-state index contributed by atoms with van der Waals surface area (Å²) in [5.41, 5.74) is 0.404. The van der Waals surface area contributed by atoms with Gasteiger partial charge < -0.3 is 5.32 Å². The predicted molar refractivity (Wildman–Crippen MR) is 73.0 cm³/mol. The maximum Gasteiger partial charge on any atom is 0.163 e. The number of nitrogens with zero attached hydrogens (tertiary/aromatic N) is 1. The molecule has 106 valence electrons. The molecule has 1 fully saturated rings. The highest BCUT2D eigenvalue weighted by Gasteiger charge is 2.23. The van der Waals surface area contributed by atoms with Gasteiger partial charge in [0.15, 0.2) is 11.6 Å². The van der Waals surface area contributed by atoms with Gasteiger partial charge in [0.25, 0.3) is 0 Å². The van der Waals surface area contributed by atoms with E-state index in [0.29, 0.717) is 11.6 Å². The first kappa shape index (κ1) is 14.4. The minimum absolute atomic E-state index is 0.171. The van der Waals surface area contributed by atoms with Gasteiger partial charge in [-0.1, -0.05) is 19.1 Å². The Hall–Kier alpha value is -1.00. The zero-order chi connectivity index (χ0) is 13.8. The van der Waals surface area contributed by atoms with Crippen LogP contribution in [-0.2, 0) is 0 Å². The zero-order valence-corrected chi connectivity index (χ0v) is 11.6. The average molecular weight is 268 g/mol. The van der Waals surface area contributed by atoms with Crippen molar-refractivity contribution in [3.05, 3.63) is 35.4 Å². The largest absolute Gasteiger partial charge is 0.309 e. The third-order valence-electron chi connectivity index (χ3n) is 4.01. The molecule has 0 bridgehead atoms. The molecule has 2 unspecified atom stereocenters. The third-order valence-corrected chi connectivity index (χ3v) is 4.01. The minimum Gasteiger partial charge on any atom is -0.309 e. The van der Waals surface area contributed by atoms with Gasteiger partial charge in [0.1, 0.15) is 0 Å². The van der Waals surface area contributed by atoms with Gasteiger partial charge in [-0.05, 0) is 38.9 Å². The van der Waals surface area contributed by atoms with Crippen LogP contribution < -0.4 is 5.32 Å². The van der Waals surface area contributed by atoms with E-state index in [4.69, 9.17) is 0 Å². The number of nitrogens with one attached hydrogen (secondary N) is 1. The number of halogens is 2. The van der Waals surface area contributed by atoms with Gasteiger partial charge in [-0.25, -0.2) is 8.78 Å². The van der Waals surface area contributed by atoms with E-state index < -0.39 is 11.6 Å². The molecular formula is C15H22F2N2. The molecule has 2 atom stereocenters. The molecule has 1 aliphatic heterocycles. The lowest BCUT2D eigenvalue weighted by Gasteiger charge is -2.25. The summed E-state index contributed by atoms with van der Waals surface area (Å²) < 4.78 is 26.9. The Morgan fingerprint density at radius 1 is 1.42 bits per heavy atom. The fraction of sp³-hybridized carbons (Fsp3) is 0.600.